The molecule has 0 atom stereocenters. The summed E-state index contributed by atoms with van der Waals surface area (Å²) in [6.45, 7) is 4.67. The number of carbonyl (C=O) groups excluding carboxylic acids is 2. The molecule has 0 aliphatic carbocycles. The van der Waals surface area contributed by atoms with Gasteiger partial charge < -0.3 is 10.6 Å². The van der Waals surface area contributed by atoms with Crippen LogP contribution in [0.1, 0.15) is 5.56 Å². The molecule has 0 spiro atoms. The molecule has 1 aliphatic rings. The molecule has 0 radical (unpaired) electrons. The van der Waals surface area contributed by atoms with Gasteiger partial charge in [-0.05, 0) is 5.56 Å². The van der Waals surface area contributed by atoms with E-state index >= 15 is 0 Å². The van der Waals surface area contributed by atoms with Crippen LogP contribution in [0.2, 0.25) is 0 Å². The second-order valence-electron chi connectivity index (χ2n) is 5.80. The summed E-state index contributed by atoms with van der Waals surface area (Å²) in [6.07, 6.45) is 5.11. The van der Waals surface area contributed by atoms with Crippen molar-refractivity contribution < 1.29 is 9.59 Å². The Labute approximate surface area is 143 Å². The highest BCUT2D eigenvalue weighted by Gasteiger charge is 2.20. The summed E-state index contributed by atoms with van der Waals surface area (Å²) in [5.74, 6) is 2.36. The fourth-order valence-electron chi connectivity index (χ4n) is 2.57. The zero-order valence-electron chi connectivity index (χ0n) is 13.8. The fourth-order valence-corrected chi connectivity index (χ4v) is 2.57. The number of terminal acetylenes is 1. The molecule has 128 valence electrons. The van der Waals surface area contributed by atoms with E-state index in [2.05, 4.69) is 26.4 Å². The zero-order valence-corrected chi connectivity index (χ0v) is 13.8. The molecule has 1 heterocycles. The Kier molecular flexibility index (Phi) is 7.27. The van der Waals surface area contributed by atoms with Gasteiger partial charge >= 0.3 is 0 Å². The van der Waals surface area contributed by atoms with E-state index in [0.717, 1.165) is 31.7 Å². The Morgan fingerprint density at radius 3 is 2.04 bits per heavy atom. The topological polar surface area (TPSA) is 64.7 Å². The average molecular weight is 328 g/mol. The van der Waals surface area contributed by atoms with Crippen molar-refractivity contribution in [3.8, 4) is 12.3 Å². The van der Waals surface area contributed by atoms with Gasteiger partial charge in [0.25, 0.3) is 0 Å². The van der Waals surface area contributed by atoms with Crippen molar-refractivity contribution >= 4 is 11.8 Å². The molecule has 0 saturated carbocycles. The van der Waals surface area contributed by atoms with Crippen LogP contribution in [0.5, 0.6) is 0 Å². The summed E-state index contributed by atoms with van der Waals surface area (Å²) in [7, 11) is 0. The smallest absolute Gasteiger partial charge is 0.234 e. The van der Waals surface area contributed by atoms with Gasteiger partial charge in [0.2, 0.25) is 11.8 Å². The number of benzene rings is 1. The van der Waals surface area contributed by atoms with Gasteiger partial charge in [0.05, 0.1) is 19.6 Å². The van der Waals surface area contributed by atoms with Crippen molar-refractivity contribution in [3.05, 3.63) is 35.9 Å². The molecule has 1 fully saturated rings. The summed E-state index contributed by atoms with van der Waals surface area (Å²) < 4.78 is 0. The Morgan fingerprint density at radius 2 is 1.50 bits per heavy atom. The number of nitrogens with one attached hydrogen (secondary N) is 2. The summed E-state index contributed by atoms with van der Waals surface area (Å²) in [5, 5.41) is 5.60. The van der Waals surface area contributed by atoms with Crippen molar-refractivity contribution in [2.45, 2.75) is 6.54 Å². The highest BCUT2D eigenvalue weighted by molar-refractivity contribution is 5.78. The first-order valence-electron chi connectivity index (χ1n) is 8.13. The second kappa shape index (κ2) is 9.71. The summed E-state index contributed by atoms with van der Waals surface area (Å²) in [6, 6.07) is 9.85. The van der Waals surface area contributed by atoms with Crippen LogP contribution in [0.4, 0.5) is 0 Å². The second-order valence-corrected chi connectivity index (χ2v) is 5.80. The SMILES string of the molecule is C#CCNC(=O)CN1CCN(CC(=O)NCc2ccccc2)CC1. The molecule has 1 aliphatic heterocycles. The van der Waals surface area contributed by atoms with Crippen LogP contribution in [0, 0.1) is 12.3 Å². The van der Waals surface area contributed by atoms with Gasteiger partial charge in [-0.15, -0.1) is 6.42 Å². The van der Waals surface area contributed by atoms with Crippen molar-refractivity contribution in [1.29, 1.82) is 0 Å². The summed E-state index contributed by atoms with van der Waals surface area (Å²) in [5.41, 5.74) is 1.09. The lowest BCUT2D eigenvalue weighted by Gasteiger charge is -2.33. The first-order valence-corrected chi connectivity index (χ1v) is 8.13. The average Bonchev–Trinajstić information content (AvgIpc) is 2.61. The highest BCUT2D eigenvalue weighted by atomic mass is 16.2. The summed E-state index contributed by atoms with van der Waals surface area (Å²) in [4.78, 5) is 27.8. The largest absolute Gasteiger partial charge is 0.351 e. The van der Waals surface area contributed by atoms with Gasteiger partial charge in [-0.25, -0.2) is 0 Å². The minimum Gasteiger partial charge on any atom is -0.351 e. The van der Waals surface area contributed by atoms with E-state index in [0.29, 0.717) is 19.6 Å². The Bertz CT molecular complexity index is 574. The summed E-state index contributed by atoms with van der Waals surface area (Å²) >= 11 is 0. The normalized spacial score (nSPS) is 15.5. The number of hydrogen-bond donors (Lipinski definition) is 2. The predicted molar refractivity (Wildman–Crippen MR) is 93.0 cm³/mol. The molecular formula is C18H24N4O2. The predicted octanol–water partition coefficient (Wildman–Crippen LogP) is -0.330. The molecule has 1 aromatic rings. The van der Waals surface area contributed by atoms with Crippen molar-refractivity contribution in [2.24, 2.45) is 0 Å². The molecule has 0 bridgehead atoms. The lowest BCUT2D eigenvalue weighted by atomic mass is 10.2. The van der Waals surface area contributed by atoms with Gasteiger partial charge in [0, 0.05) is 32.7 Å². The van der Waals surface area contributed by atoms with Gasteiger partial charge in [-0.3, -0.25) is 19.4 Å². The third-order valence-corrected chi connectivity index (χ3v) is 3.92. The number of carbonyl (C=O) groups is 2. The van der Waals surface area contributed by atoms with Crippen LogP contribution in [-0.2, 0) is 16.1 Å². The molecule has 2 N–H and O–H groups in total. The van der Waals surface area contributed by atoms with E-state index < -0.39 is 0 Å². The Morgan fingerprint density at radius 1 is 0.958 bits per heavy atom. The first-order chi connectivity index (χ1) is 11.7. The molecule has 6 heteroatoms. The lowest BCUT2D eigenvalue weighted by molar-refractivity contribution is -0.125. The van der Waals surface area contributed by atoms with Crippen LogP contribution < -0.4 is 10.6 Å². The fraction of sp³-hybridized carbons (Fsp3) is 0.444. The first kappa shape index (κ1) is 18.0. The van der Waals surface area contributed by atoms with E-state index in [1.165, 1.54) is 0 Å². The maximum Gasteiger partial charge on any atom is 0.234 e. The molecule has 0 aromatic heterocycles. The monoisotopic (exact) mass is 328 g/mol. The number of amides is 2. The Hall–Kier alpha value is -2.36. The van der Waals surface area contributed by atoms with Gasteiger partial charge in [-0.2, -0.15) is 0 Å². The van der Waals surface area contributed by atoms with Gasteiger partial charge in [-0.1, -0.05) is 36.3 Å². The third kappa shape index (κ3) is 6.41. The quantitative estimate of drug-likeness (QED) is 0.673. The van der Waals surface area contributed by atoms with Crippen molar-refractivity contribution in [3.63, 3.8) is 0 Å². The zero-order chi connectivity index (χ0) is 17.2. The standard InChI is InChI=1S/C18H24N4O2/c1-2-8-19-17(23)14-21-9-11-22(12-10-21)15-18(24)20-13-16-6-4-3-5-7-16/h1,3-7H,8-15H2,(H,19,23)(H,20,24). The van der Waals surface area contributed by atoms with E-state index in [1.807, 2.05) is 30.3 Å². The van der Waals surface area contributed by atoms with Gasteiger partial charge in [0.15, 0.2) is 0 Å². The molecule has 1 aromatic carbocycles. The molecule has 6 nitrogen and oxygen atoms in total. The number of hydrogen-bond acceptors (Lipinski definition) is 4. The van der Waals surface area contributed by atoms with Crippen LogP contribution in [0.15, 0.2) is 30.3 Å². The molecular weight excluding hydrogens is 304 g/mol. The maximum absolute atomic E-state index is 12.0. The molecule has 24 heavy (non-hydrogen) atoms. The highest BCUT2D eigenvalue weighted by Crippen LogP contribution is 2.02. The molecule has 0 unspecified atom stereocenters. The minimum absolute atomic E-state index is 0.0269. The van der Waals surface area contributed by atoms with Crippen molar-refractivity contribution in [2.75, 3.05) is 45.8 Å². The molecule has 2 rings (SSSR count). The Balaban J connectivity index is 1.63. The minimum atomic E-state index is -0.0537. The van der Waals surface area contributed by atoms with E-state index in [4.69, 9.17) is 6.42 Å². The molecule has 1 saturated heterocycles. The van der Waals surface area contributed by atoms with E-state index in [-0.39, 0.29) is 18.4 Å². The lowest BCUT2D eigenvalue weighted by Crippen LogP contribution is -2.51. The number of piperazine rings is 1. The molecule has 2 amide bonds. The number of nitrogens with zero attached hydrogens (tertiary/aromatic N) is 2. The third-order valence-electron chi connectivity index (χ3n) is 3.92. The number of rotatable bonds is 7. The maximum atomic E-state index is 12.0. The van der Waals surface area contributed by atoms with E-state index in [9.17, 15) is 9.59 Å². The van der Waals surface area contributed by atoms with Crippen LogP contribution >= 0.6 is 0 Å². The van der Waals surface area contributed by atoms with Crippen LogP contribution in [-0.4, -0.2) is 67.4 Å². The van der Waals surface area contributed by atoms with Gasteiger partial charge in [0.1, 0.15) is 0 Å². The van der Waals surface area contributed by atoms with Crippen LogP contribution in [0.25, 0.3) is 0 Å². The van der Waals surface area contributed by atoms with E-state index in [1.54, 1.807) is 0 Å². The van der Waals surface area contributed by atoms with Crippen LogP contribution in [0.3, 0.4) is 0 Å². The van der Waals surface area contributed by atoms with Crippen molar-refractivity contribution in [1.82, 2.24) is 20.4 Å².